The monoisotopic (exact) mass is 253 g/mol. The summed E-state index contributed by atoms with van der Waals surface area (Å²) >= 11 is 0. The molecule has 2 aromatic rings. The fourth-order valence-electron chi connectivity index (χ4n) is 2.14. The van der Waals surface area contributed by atoms with Crippen molar-refractivity contribution in [3.63, 3.8) is 0 Å². The van der Waals surface area contributed by atoms with Gasteiger partial charge in [-0.05, 0) is 25.1 Å². The summed E-state index contributed by atoms with van der Waals surface area (Å²) in [6.45, 7) is 2.12. The van der Waals surface area contributed by atoms with Gasteiger partial charge in [0.1, 0.15) is 0 Å². The van der Waals surface area contributed by atoms with Crippen LogP contribution in [-0.2, 0) is 0 Å². The van der Waals surface area contributed by atoms with Crippen molar-refractivity contribution in [1.29, 1.82) is 0 Å². The van der Waals surface area contributed by atoms with Crippen molar-refractivity contribution in [2.24, 2.45) is 0 Å². The topological polar surface area (TPSA) is 56.8 Å². The van der Waals surface area contributed by atoms with Gasteiger partial charge in [-0.25, -0.2) is 4.98 Å². The van der Waals surface area contributed by atoms with Crippen LogP contribution in [0.2, 0.25) is 0 Å². The van der Waals surface area contributed by atoms with E-state index < -0.39 is 0 Å². The molecule has 3 rings (SSSR count). The minimum Gasteiger partial charge on any atom is -0.341 e. The van der Waals surface area contributed by atoms with Crippen LogP contribution < -0.4 is 10.2 Å². The number of rotatable bonds is 2. The predicted octanol–water partition coefficient (Wildman–Crippen LogP) is 1.18. The van der Waals surface area contributed by atoms with E-state index in [1.54, 1.807) is 6.20 Å². The first-order valence-corrected chi connectivity index (χ1v) is 5.59. The molecule has 1 aliphatic heterocycles. The number of aromatic nitrogens is 3. The molecule has 1 saturated heterocycles. The number of likely N-dealkylation sites (N-methyl/N-ethyl adjacent to an activating group) is 1. The average molecular weight is 254 g/mol. The zero-order chi connectivity index (χ0) is 11.0. The first-order chi connectivity index (χ1) is 7.84. The molecule has 0 aromatic carbocycles. The summed E-state index contributed by atoms with van der Waals surface area (Å²) in [4.78, 5) is 14.2. The van der Waals surface area contributed by atoms with Gasteiger partial charge in [0.05, 0.1) is 5.52 Å². The average Bonchev–Trinajstić information content (AvgIpc) is 2.97. The smallest absolute Gasteiger partial charge is 0.205 e. The van der Waals surface area contributed by atoms with Crippen molar-refractivity contribution in [3.05, 3.63) is 18.3 Å². The molecule has 0 spiro atoms. The minimum absolute atomic E-state index is 0. The third-order valence-electron chi connectivity index (χ3n) is 3.16. The Morgan fingerprint density at radius 3 is 3.06 bits per heavy atom. The Balaban J connectivity index is 0.00000108. The fourth-order valence-corrected chi connectivity index (χ4v) is 2.14. The van der Waals surface area contributed by atoms with E-state index >= 15 is 0 Å². The molecular weight excluding hydrogens is 238 g/mol. The normalized spacial score (nSPS) is 19.2. The quantitative estimate of drug-likeness (QED) is 0.844. The van der Waals surface area contributed by atoms with Gasteiger partial charge in [0, 0.05) is 25.8 Å². The Morgan fingerprint density at radius 2 is 2.35 bits per heavy atom. The third-order valence-corrected chi connectivity index (χ3v) is 3.16. The maximum absolute atomic E-state index is 4.49. The minimum atomic E-state index is 0. The number of nitrogens with zero attached hydrogens (tertiary/aromatic N) is 3. The van der Waals surface area contributed by atoms with Crippen LogP contribution in [0.4, 0.5) is 5.95 Å². The first kappa shape index (κ1) is 12.1. The number of nitrogens with one attached hydrogen (secondary N) is 2. The summed E-state index contributed by atoms with van der Waals surface area (Å²) in [5, 5.41) is 3.36. The van der Waals surface area contributed by atoms with E-state index in [0.717, 1.165) is 30.2 Å². The molecule has 1 unspecified atom stereocenters. The van der Waals surface area contributed by atoms with Crippen molar-refractivity contribution in [2.75, 3.05) is 25.0 Å². The Bertz CT molecular complexity index is 458. The van der Waals surface area contributed by atoms with Gasteiger partial charge >= 0.3 is 0 Å². The van der Waals surface area contributed by atoms with Crippen LogP contribution in [-0.4, -0.2) is 41.1 Å². The van der Waals surface area contributed by atoms with E-state index in [2.05, 4.69) is 32.2 Å². The molecule has 2 N–H and O–H groups in total. The lowest BCUT2D eigenvalue weighted by Gasteiger charge is -2.22. The van der Waals surface area contributed by atoms with Gasteiger partial charge in [-0.3, -0.25) is 0 Å². The maximum Gasteiger partial charge on any atom is 0.205 e. The largest absolute Gasteiger partial charge is 0.341 e. The molecule has 0 amide bonds. The molecule has 0 saturated carbocycles. The lowest BCUT2D eigenvalue weighted by molar-refractivity contribution is 0.672. The van der Waals surface area contributed by atoms with Crippen LogP contribution in [0, 0.1) is 0 Å². The van der Waals surface area contributed by atoms with Gasteiger partial charge in [0.2, 0.25) is 5.95 Å². The number of hydrogen-bond donors (Lipinski definition) is 2. The Labute approximate surface area is 106 Å². The van der Waals surface area contributed by atoms with E-state index in [1.807, 2.05) is 12.1 Å². The second-order valence-electron chi connectivity index (χ2n) is 4.19. The fraction of sp³-hybridized carbons (Fsp3) is 0.455. The van der Waals surface area contributed by atoms with Gasteiger partial charge in [0.15, 0.2) is 5.65 Å². The Hall–Kier alpha value is -1.33. The molecule has 0 radical (unpaired) electrons. The zero-order valence-electron chi connectivity index (χ0n) is 9.68. The van der Waals surface area contributed by atoms with Crippen LogP contribution >= 0.6 is 12.4 Å². The van der Waals surface area contributed by atoms with Crippen molar-refractivity contribution in [3.8, 4) is 0 Å². The molecule has 17 heavy (non-hydrogen) atoms. The molecule has 1 fully saturated rings. The summed E-state index contributed by atoms with van der Waals surface area (Å²) in [5.41, 5.74) is 1.78. The number of hydrogen-bond acceptors (Lipinski definition) is 4. The van der Waals surface area contributed by atoms with E-state index in [4.69, 9.17) is 0 Å². The highest BCUT2D eigenvalue weighted by molar-refractivity contribution is 5.85. The molecular formula is C11H16ClN5. The van der Waals surface area contributed by atoms with Crippen LogP contribution in [0.5, 0.6) is 0 Å². The second-order valence-corrected chi connectivity index (χ2v) is 4.19. The van der Waals surface area contributed by atoms with Crippen molar-refractivity contribution in [1.82, 2.24) is 20.3 Å². The number of fused-ring (bicyclic) bond motifs is 1. The standard InChI is InChI=1S/C11H15N5.ClH/c1-16(8-4-6-12-7-8)11-14-9-3-2-5-13-10(9)15-11;/h2-3,5,8,12H,4,6-7H2,1H3,(H,13,14,15);1H. The summed E-state index contributed by atoms with van der Waals surface area (Å²) < 4.78 is 0. The number of imidazole rings is 1. The molecule has 3 heterocycles. The van der Waals surface area contributed by atoms with E-state index in [9.17, 15) is 0 Å². The highest BCUT2D eigenvalue weighted by Crippen LogP contribution is 2.18. The molecule has 0 aliphatic carbocycles. The van der Waals surface area contributed by atoms with Gasteiger partial charge in [-0.15, -0.1) is 12.4 Å². The van der Waals surface area contributed by atoms with Gasteiger partial charge in [0.25, 0.3) is 0 Å². The van der Waals surface area contributed by atoms with Crippen molar-refractivity contribution >= 4 is 29.5 Å². The molecule has 2 aromatic heterocycles. The lowest BCUT2D eigenvalue weighted by atomic mass is 10.2. The summed E-state index contributed by atoms with van der Waals surface area (Å²) in [6, 6.07) is 4.45. The SMILES string of the molecule is CN(c1nc2ncccc2[nH]1)C1CCNC1.Cl. The Kier molecular flexibility index (Phi) is 3.49. The number of aromatic amines is 1. The molecule has 1 aliphatic rings. The number of H-pyrrole nitrogens is 1. The number of pyridine rings is 1. The predicted molar refractivity (Wildman–Crippen MR) is 70.8 cm³/mol. The Morgan fingerprint density at radius 1 is 1.47 bits per heavy atom. The molecule has 5 nitrogen and oxygen atoms in total. The second kappa shape index (κ2) is 4.89. The van der Waals surface area contributed by atoms with Crippen LogP contribution in [0.3, 0.4) is 0 Å². The number of anilines is 1. The molecule has 6 heteroatoms. The number of halogens is 1. The maximum atomic E-state index is 4.49. The van der Waals surface area contributed by atoms with E-state index in [-0.39, 0.29) is 12.4 Å². The zero-order valence-corrected chi connectivity index (χ0v) is 10.5. The van der Waals surface area contributed by atoms with Gasteiger partial charge in [-0.2, -0.15) is 4.98 Å². The molecule has 0 bridgehead atoms. The van der Waals surface area contributed by atoms with Crippen LogP contribution in [0.1, 0.15) is 6.42 Å². The van der Waals surface area contributed by atoms with Crippen molar-refractivity contribution in [2.45, 2.75) is 12.5 Å². The van der Waals surface area contributed by atoms with Crippen LogP contribution in [0.25, 0.3) is 11.2 Å². The van der Waals surface area contributed by atoms with E-state index in [1.165, 1.54) is 6.42 Å². The first-order valence-electron chi connectivity index (χ1n) is 5.59. The van der Waals surface area contributed by atoms with Crippen molar-refractivity contribution < 1.29 is 0 Å². The summed E-state index contributed by atoms with van der Waals surface area (Å²) in [5.74, 6) is 0.905. The van der Waals surface area contributed by atoms with E-state index in [0.29, 0.717) is 6.04 Å². The van der Waals surface area contributed by atoms with Gasteiger partial charge < -0.3 is 15.2 Å². The molecule has 92 valence electrons. The summed E-state index contributed by atoms with van der Waals surface area (Å²) in [6.07, 6.45) is 2.94. The molecule has 1 atom stereocenters. The highest BCUT2D eigenvalue weighted by Gasteiger charge is 2.21. The van der Waals surface area contributed by atoms with Gasteiger partial charge in [-0.1, -0.05) is 0 Å². The third kappa shape index (κ3) is 2.21. The highest BCUT2D eigenvalue weighted by atomic mass is 35.5. The summed E-state index contributed by atoms with van der Waals surface area (Å²) in [7, 11) is 2.08. The lowest BCUT2D eigenvalue weighted by Crippen LogP contribution is -2.34. The van der Waals surface area contributed by atoms with Crippen LogP contribution in [0.15, 0.2) is 18.3 Å².